The Bertz CT molecular complexity index is 337. The van der Waals surface area contributed by atoms with Crippen molar-refractivity contribution in [2.45, 2.75) is 6.04 Å². The highest BCUT2D eigenvalue weighted by molar-refractivity contribution is 7.88. The SMILES string of the molecule is CS(=O)(=O)N(CCN1CCOCC1)C1CNC1. The molecule has 1 N–H and O–H groups in total. The molecule has 7 heteroatoms. The van der Waals surface area contributed by atoms with Gasteiger partial charge in [-0.3, -0.25) is 4.90 Å². The van der Waals surface area contributed by atoms with Gasteiger partial charge in [0.2, 0.25) is 10.0 Å². The molecule has 0 unspecified atom stereocenters. The van der Waals surface area contributed by atoms with E-state index in [-0.39, 0.29) is 6.04 Å². The molecule has 2 heterocycles. The lowest BCUT2D eigenvalue weighted by atomic mass is 10.2. The predicted octanol–water partition coefficient (Wildman–Crippen LogP) is -1.45. The second kappa shape index (κ2) is 5.62. The van der Waals surface area contributed by atoms with Crippen molar-refractivity contribution in [2.24, 2.45) is 0 Å². The first-order chi connectivity index (χ1) is 8.07. The summed E-state index contributed by atoms with van der Waals surface area (Å²) in [6, 6.07) is 0.144. The average molecular weight is 263 g/mol. The van der Waals surface area contributed by atoms with Crippen LogP contribution in [0.4, 0.5) is 0 Å². The van der Waals surface area contributed by atoms with E-state index in [9.17, 15) is 8.42 Å². The molecule has 2 saturated heterocycles. The van der Waals surface area contributed by atoms with Crippen LogP contribution in [0.3, 0.4) is 0 Å². The predicted molar refractivity (Wildman–Crippen MR) is 65.5 cm³/mol. The van der Waals surface area contributed by atoms with Crippen molar-refractivity contribution in [3.05, 3.63) is 0 Å². The molecule has 0 aromatic rings. The molecule has 0 radical (unpaired) electrons. The Morgan fingerprint density at radius 3 is 2.47 bits per heavy atom. The highest BCUT2D eigenvalue weighted by Gasteiger charge is 2.31. The number of ether oxygens (including phenoxy) is 1. The van der Waals surface area contributed by atoms with Crippen molar-refractivity contribution >= 4 is 10.0 Å². The van der Waals surface area contributed by atoms with Gasteiger partial charge in [0, 0.05) is 45.3 Å². The van der Waals surface area contributed by atoms with Crippen LogP contribution in [0.2, 0.25) is 0 Å². The van der Waals surface area contributed by atoms with E-state index in [1.54, 1.807) is 4.31 Å². The second-order valence-corrected chi connectivity index (χ2v) is 6.57. The molecule has 6 nitrogen and oxygen atoms in total. The molecule has 2 fully saturated rings. The maximum atomic E-state index is 11.7. The van der Waals surface area contributed by atoms with Gasteiger partial charge in [-0.05, 0) is 0 Å². The van der Waals surface area contributed by atoms with Gasteiger partial charge in [-0.1, -0.05) is 0 Å². The van der Waals surface area contributed by atoms with Crippen molar-refractivity contribution in [3.8, 4) is 0 Å². The minimum atomic E-state index is -3.09. The van der Waals surface area contributed by atoms with Gasteiger partial charge in [0.15, 0.2) is 0 Å². The molecule has 0 amide bonds. The van der Waals surface area contributed by atoms with Gasteiger partial charge >= 0.3 is 0 Å². The summed E-state index contributed by atoms with van der Waals surface area (Å²) in [5.41, 5.74) is 0. The highest BCUT2D eigenvalue weighted by Crippen LogP contribution is 2.10. The maximum Gasteiger partial charge on any atom is 0.211 e. The summed E-state index contributed by atoms with van der Waals surface area (Å²) in [5.74, 6) is 0. The number of hydrogen-bond acceptors (Lipinski definition) is 5. The Morgan fingerprint density at radius 1 is 1.35 bits per heavy atom. The van der Waals surface area contributed by atoms with Crippen LogP contribution in [-0.2, 0) is 14.8 Å². The van der Waals surface area contributed by atoms with Crippen LogP contribution < -0.4 is 5.32 Å². The van der Waals surface area contributed by atoms with E-state index >= 15 is 0 Å². The summed E-state index contributed by atoms with van der Waals surface area (Å²) >= 11 is 0. The molecule has 2 aliphatic heterocycles. The van der Waals surface area contributed by atoms with E-state index in [1.807, 2.05) is 0 Å². The lowest BCUT2D eigenvalue weighted by Gasteiger charge is -2.38. The zero-order valence-corrected chi connectivity index (χ0v) is 11.1. The highest BCUT2D eigenvalue weighted by atomic mass is 32.2. The molecule has 0 spiro atoms. The van der Waals surface area contributed by atoms with E-state index in [0.717, 1.165) is 45.9 Å². The van der Waals surface area contributed by atoms with Gasteiger partial charge in [0.1, 0.15) is 0 Å². The van der Waals surface area contributed by atoms with Crippen LogP contribution in [0.15, 0.2) is 0 Å². The van der Waals surface area contributed by atoms with E-state index < -0.39 is 10.0 Å². The normalized spacial score (nSPS) is 23.9. The monoisotopic (exact) mass is 263 g/mol. The van der Waals surface area contributed by atoms with Crippen LogP contribution in [0.5, 0.6) is 0 Å². The number of nitrogens with zero attached hydrogens (tertiary/aromatic N) is 2. The van der Waals surface area contributed by atoms with Crippen molar-refractivity contribution in [1.29, 1.82) is 0 Å². The summed E-state index contributed by atoms with van der Waals surface area (Å²) in [6.07, 6.45) is 1.30. The summed E-state index contributed by atoms with van der Waals surface area (Å²) in [5, 5.41) is 3.11. The fraction of sp³-hybridized carbons (Fsp3) is 1.00. The van der Waals surface area contributed by atoms with Crippen molar-refractivity contribution in [3.63, 3.8) is 0 Å². The molecular weight excluding hydrogens is 242 g/mol. The first-order valence-electron chi connectivity index (χ1n) is 6.05. The molecular formula is C10H21N3O3S. The number of morpholine rings is 1. The fourth-order valence-electron chi connectivity index (χ4n) is 2.16. The molecule has 0 aromatic carbocycles. The maximum absolute atomic E-state index is 11.7. The quantitative estimate of drug-likeness (QED) is 0.658. The van der Waals surface area contributed by atoms with Crippen LogP contribution in [0.1, 0.15) is 0 Å². The molecule has 100 valence electrons. The molecule has 0 aliphatic carbocycles. The van der Waals surface area contributed by atoms with Crippen LogP contribution in [0.25, 0.3) is 0 Å². The number of sulfonamides is 1. The number of rotatable bonds is 5. The third kappa shape index (κ3) is 3.62. The van der Waals surface area contributed by atoms with Gasteiger partial charge in [0.25, 0.3) is 0 Å². The summed E-state index contributed by atoms with van der Waals surface area (Å²) in [6.45, 7) is 6.25. The number of nitrogens with one attached hydrogen (secondary N) is 1. The van der Waals surface area contributed by atoms with Crippen LogP contribution in [-0.4, -0.2) is 82.4 Å². The van der Waals surface area contributed by atoms with Crippen LogP contribution >= 0.6 is 0 Å². The molecule has 2 rings (SSSR count). The molecule has 0 bridgehead atoms. The molecule has 0 saturated carbocycles. The minimum absolute atomic E-state index is 0.144. The first kappa shape index (κ1) is 13.2. The van der Waals surface area contributed by atoms with E-state index in [4.69, 9.17) is 4.74 Å². The van der Waals surface area contributed by atoms with E-state index in [0.29, 0.717) is 6.54 Å². The zero-order valence-electron chi connectivity index (χ0n) is 10.3. The molecule has 0 atom stereocenters. The van der Waals surface area contributed by atoms with Gasteiger partial charge in [0.05, 0.1) is 19.5 Å². The van der Waals surface area contributed by atoms with Crippen molar-refractivity contribution in [1.82, 2.24) is 14.5 Å². The van der Waals surface area contributed by atoms with Crippen molar-refractivity contribution < 1.29 is 13.2 Å². The van der Waals surface area contributed by atoms with Gasteiger partial charge < -0.3 is 10.1 Å². The largest absolute Gasteiger partial charge is 0.379 e. The Morgan fingerprint density at radius 2 is 2.00 bits per heavy atom. The lowest BCUT2D eigenvalue weighted by molar-refractivity contribution is 0.0346. The zero-order chi connectivity index (χ0) is 12.3. The standard InChI is InChI=1S/C10H21N3O3S/c1-17(14,15)13(10-8-11-9-10)3-2-12-4-6-16-7-5-12/h10-11H,2-9H2,1H3. The second-order valence-electron chi connectivity index (χ2n) is 4.64. The Labute approximate surface area is 103 Å². The first-order valence-corrected chi connectivity index (χ1v) is 7.90. The molecule has 0 aromatic heterocycles. The number of hydrogen-bond donors (Lipinski definition) is 1. The van der Waals surface area contributed by atoms with E-state index in [2.05, 4.69) is 10.2 Å². The Kier molecular flexibility index (Phi) is 4.37. The topological polar surface area (TPSA) is 61.9 Å². The third-order valence-electron chi connectivity index (χ3n) is 3.33. The van der Waals surface area contributed by atoms with E-state index in [1.165, 1.54) is 6.26 Å². The van der Waals surface area contributed by atoms with Gasteiger partial charge in [-0.15, -0.1) is 0 Å². The fourth-order valence-corrected chi connectivity index (χ4v) is 3.26. The Hall–Kier alpha value is -0.210. The van der Waals surface area contributed by atoms with Gasteiger partial charge in [-0.2, -0.15) is 4.31 Å². The lowest BCUT2D eigenvalue weighted by Crippen LogP contribution is -2.59. The third-order valence-corrected chi connectivity index (χ3v) is 4.67. The summed E-state index contributed by atoms with van der Waals surface area (Å²) in [4.78, 5) is 2.26. The Balaban J connectivity index is 1.84. The average Bonchev–Trinajstić information content (AvgIpc) is 2.21. The summed E-state index contributed by atoms with van der Waals surface area (Å²) < 4.78 is 30.3. The van der Waals surface area contributed by atoms with Crippen molar-refractivity contribution in [2.75, 3.05) is 58.7 Å². The van der Waals surface area contributed by atoms with Gasteiger partial charge in [-0.25, -0.2) is 8.42 Å². The molecule has 2 aliphatic rings. The van der Waals surface area contributed by atoms with Crippen LogP contribution in [0, 0.1) is 0 Å². The smallest absolute Gasteiger partial charge is 0.211 e. The molecule has 17 heavy (non-hydrogen) atoms. The summed E-state index contributed by atoms with van der Waals surface area (Å²) in [7, 11) is -3.09. The minimum Gasteiger partial charge on any atom is -0.379 e.